The summed E-state index contributed by atoms with van der Waals surface area (Å²) in [5, 5.41) is 0. The predicted octanol–water partition coefficient (Wildman–Crippen LogP) is 2.52. The molecule has 0 saturated carbocycles. The van der Waals surface area contributed by atoms with E-state index in [9.17, 15) is 9.59 Å². The van der Waals surface area contributed by atoms with Crippen molar-refractivity contribution in [3.05, 3.63) is 27.1 Å². The number of nitrogens with zero attached hydrogens (tertiary/aromatic N) is 1. The summed E-state index contributed by atoms with van der Waals surface area (Å²) >= 11 is 6.71. The summed E-state index contributed by atoms with van der Waals surface area (Å²) in [6, 6.07) is 5.47. The first-order chi connectivity index (χ1) is 7.08. The number of carbonyl (C=O) groups excluding carboxylic acids is 2. The number of rotatable bonds is 1. The number of Topliss-reactive ketones (excluding diaryl/α,β-unsaturated/α-hetero) is 1. The van der Waals surface area contributed by atoms with Crippen molar-refractivity contribution in [2.75, 3.05) is 11.4 Å². The Morgan fingerprint density at radius 3 is 2.40 bits per heavy atom. The average Bonchev–Trinajstić information content (AvgIpc) is 2.50. The van der Waals surface area contributed by atoms with Gasteiger partial charge in [0, 0.05) is 14.6 Å². The van der Waals surface area contributed by atoms with E-state index in [0.717, 1.165) is 14.6 Å². The number of benzene rings is 1. The predicted molar refractivity (Wildman–Crippen MR) is 63.8 cm³/mol. The standard InChI is InChI=1S/C10H7Br2NO2/c11-8-2-1-6(3-9(8)12)13-5-7(14)4-10(13)15/h1-3H,4-5H2. The summed E-state index contributed by atoms with van der Waals surface area (Å²) in [6.45, 7) is 0.187. The SMILES string of the molecule is O=C1CC(=O)N(c2ccc(Br)c(Br)c2)C1. The molecular weight excluding hydrogens is 326 g/mol. The fourth-order valence-corrected chi connectivity index (χ4v) is 2.09. The number of hydrogen-bond acceptors (Lipinski definition) is 2. The summed E-state index contributed by atoms with van der Waals surface area (Å²) in [6.07, 6.45) is 0.0215. The van der Waals surface area contributed by atoms with E-state index in [0.29, 0.717) is 0 Å². The molecule has 0 radical (unpaired) electrons. The molecule has 0 aliphatic carbocycles. The van der Waals surface area contributed by atoms with E-state index < -0.39 is 0 Å². The first-order valence-electron chi connectivity index (χ1n) is 4.35. The molecule has 3 nitrogen and oxygen atoms in total. The van der Waals surface area contributed by atoms with E-state index in [4.69, 9.17) is 0 Å². The zero-order chi connectivity index (χ0) is 11.0. The first-order valence-corrected chi connectivity index (χ1v) is 5.93. The molecule has 78 valence electrons. The third kappa shape index (κ3) is 2.13. The molecule has 5 heteroatoms. The van der Waals surface area contributed by atoms with Gasteiger partial charge >= 0.3 is 0 Å². The molecule has 0 unspecified atom stereocenters. The molecule has 2 rings (SSSR count). The highest BCUT2D eigenvalue weighted by atomic mass is 79.9. The van der Waals surface area contributed by atoms with Crippen LogP contribution >= 0.6 is 31.9 Å². The Morgan fingerprint density at radius 1 is 1.13 bits per heavy atom. The fourth-order valence-electron chi connectivity index (χ4n) is 1.47. The summed E-state index contributed by atoms with van der Waals surface area (Å²) in [4.78, 5) is 24.1. The monoisotopic (exact) mass is 331 g/mol. The second kappa shape index (κ2) is 4.06. The van der Waals surface area contributed by atoms with Gasteiger partial charge in [0.2, 0.25) is 5.91 Å². The maximum Gasteiger partial charge on any atom is 0.234 e. The second-order valence-electron chi connectivity index (χ2n) is 3.29. The molecule has 0 atom stereocenters. The minimum atomic E-state index is -0.130. The smallest absolute Gasteiger partial charge is 0.234 e. The van der Waals surface area contributed by atoms with Crippen molar-refractivity contribution in [1.82, 2.24) is 0 Å². The Morgan fingerprint density at radius 2 is 1.87 bits per heavy atom. The lowest BCUT2D eigenvalue weighted by atomic mass is 10.3. The fraction of sp³-hybridized carbons (Fsp3) is 0.200. The molecule has 1 aliphatic rings. The van der Waals surface area contributed by atoms with Crippen LogP contribution in [0.1, 0.15) is 6.42 Å². The number of hydrogen-bond donors (Lipinski definition) is 0. The maximum atomic E-state index is 11.5. The van der Waals surface area contributed by atoms with E-state index >= 15 is 0 Å². The minimum Gasteiger partial charge on any atom is -0.305 e. The molecule has 0 aromatic heterocycles. The Bertz CT molecular complexity index is 445. The number of carbonyl (C=O) groups is 2. The van der Waals surface area contributed by atoms with Crippen LogP contribution in [0.3, 0.4) is 0 Å². The minimum absolute atomic E-state index is 0.0215. The van der Waals surface area contributed by atoms with Crippen LogP contribution in [0.5, 0.6) is 0 Å². The Kier molecular flexibility index (Phi) is 2.93. The zero-order valence-electron chi connectivity index (χ0n) is 7.67. The van der Waals surface area contributed by atoms with Crippen molar-refractivity contribution in [2.45, 2.75) is 6.42 Å². The lowest BCUT2D eigenvalue weighted by molar-refractivity contribution is -0.121. The molecule has 1 aromatic carbocycles. The molecule has 1 aliphatic heterocycles. The molecular formula is C10H7Br2NO2. The molecule has 1 amide bonds. The highest BCUT2D eigenvalue weighted by Gasteiger charge is 2.28. The molecule has 15 heavy (non-hydrogen) atoms. The highest BCUT2D eigenvalue weighted by molar-refractivity contribution is 9.13. The number of halogens is 2. The van der Waals surface area contributed by atoms with Crippen molar-refractivity contribution in [3.63, 3.8) is 0 Å². The van der Waals surface area contributed by atoms with Gasteiger partial charge in [-0.1, -0.05) is 0 Å². The van der Waals surface area contributed by atoms with Crippen LogP contribution in [0.4, 0.5) is 5.69 Å². The average molecular weight is 333 g/mol. The van der Waals surface area contributed by atoms with Crippen LogP contribution < -0.4 is 4.90 Å². The van der Waals surface area contributed by atoms with Gasteiger partial charge in [-0.15, -0.1) is 0 Å². The normalized spacial score (nSPS) is 16.3. The van der Waals surface area contributed by atoms with Gasteiger partial charge in [-0.2, -0.15) is 0 Å². The van der Waals surface area contributed by atoms with Gasteiger partial charge in [0.05, 0.1) is 13.0 Å². The van der Waals surface area contributed by atoms with Crippen molar-refractivity contribution < 1.29 is 9.59 Å². The van der Waals surface area contributed by atoms with Gasteiger partial charge in [-0.05, 0) is 50.1 Å². The molecule has 0 N–H and O–H groups in total. The largest absolute Gasteiger partial charge is 0.305 e. The van der Waals surface area contributed by atoms with Gasteiger partial charge in [0.15, 0.2) is 5.78 Å². The first kappa shape index (κ1) is 10.8. The summed E-state index contributed by atoms with van der Waals surface area (Å²) in [5.74, 6) is -0.159. The lowest BCUT2D eigenvalue weighted by Crippen LogP contribution is -2.24. The zero-order valence-corrected chi connectivity index (χ0v) is 10.8. The molecule has 0 spiro atoms. The molecule has 1 saturated heterocycles. The van der Waals surface area contributed by atoms with E-state index in [1.165, 1.54) is 4.90 Å². The van der Waals surface area contributed by atoms with E-state index in [1.807, 2.05) is 18.2 Å². The summed E-state index contributed by atoms with van der Waals surface area (Å²) in [5.41, 5.74) is 0.751. The van der Waals surface area contributed by atoms with Crippen LogP contribution in [-0.4, -0.2) is 18.2 Å². The number of anilines is 1. The van der Waals surface area contributed by atoms with Gasteiger partial charge in [-0.25, -0.2) is 0 Å². The van der Waals surface area contributed by atoms with E-state index in [2.05, 4.69) is 31.9 Å². The van der Waals surface area contributed by atoms with Gasteiger partial charge < -0.3 is 4.90 Å². The number of ketones is 1. The van der Waals surface area contributed by atoms with Crippen molar-refractivity contribution >= 4 is 49.2 Å². The quantitative estimate of drug-likeness (QED) is 0.741. The van der Waals surface area contributed by atoms with Crippen LogP contribution in [-0.2, 0) is 9.59 Å². The Labute approximate surface area is 104 Å². The Hall–Kier alpha value is -0.680. The topological polar surface area (TPSA) is 37.4 Å². The van der Waals surface area contributed by atoms with Gasteiger partial charge in [0.25, 0.3) is 0 Å². The maximum absolute atomic E-state index is 11.5. The van der Waals surface area contributed by atoms with Crippen LogP contribution in [0.25, 0.3) is 0 Å². The third-order valence-corrected chi connectivity index (χ3v) is 4.08. The third-order valence-electron chi connectivity index (χ3n) is 2.20. The lowest BCUT2D eigenvalue weighted by Gasteiger charge is -2.15. The number of amides is 1. The van der Waals surface area contributed by atoms with Crippen LogP contribution in [0, 0.1) is 0 Å². The molecule has 0 bridgehead atoms. The van der Waals surface area contributed by atoms with E-state index in [-0.39, 0.29) is 24.7 Å². The molecule has 1 aromatic rings. The van der Waals surface area contributed by atoms with E-state index in [1.54, 1.807) is 0 Å². The second-order valence-corrected chi connectivity index (χ2v) is 5.00. The van der Waals surface area contributed by atoms with Crippen molar-refractivity contribution in [2.24, 2.45) is 0 Å². The van der Waals surface area contributed by atoms with Crippen molar-refractivity contribution in [1.29, 1.82) is 0 Å². The Balaban J connectivity index is 2.34. The van der Waals surface area contributed by atoms with Gasteiger partial charge in [0.1, 0.15) is 0 Å². The molecule has 1 fully saturated rings. The molecule has 1 heterocycles. The summed E-state index contributed by atoms with van der Waals surface area (Å²) in [7, 11) is 0. The van der Waals surface area contributed by atoms with Crippen molar-refractivity contribution in [3.8, 4) is 0 Å². The summed E-state index contributed by atoms with van der Waals surface area (Å²) < 4.78 is 1.79. The highest BCUT2D eigenvalue weighted by Crippen LogP contribution is 2.29. The van der Waals surface area contributed by atoms with Crippen LogP contribution in [0.2, 0.25) is 0 Å². The van der Waals surface area contributed by atoms with Crippen LogP contribution in [0.15, 0.2) is 27.1 Å². The van der Waals surface area contributed by atoms with Gasteiger partial charge in [-0.3, -0.25) is 9.59 Å².